The lowest BCUT2D eigenvalue weighted by molar-refractivity contribution is -0.138. The van der Waals surface area contributed by atoms with Gasteiger partial charge in [0.05, 0.1) is 11.7 Å². The van der Waals surface area contributed by atoms with Crippen molar-refractivity contribution >= 4 is 40.9 Å². The molecule has 2 aromatic rings. The van der Waals surface area contributed by atoms with E-state index in [2.05, 4.69) is 10.6 Å². The first kappa shape index (κ1) is 20.5. The van der Waals surface area contributed by atoms with E-state index in [0.717, 1.165) is 16.1 Å². The monoisotopic (exact) mass is 386 g/mol. The van der Waals surface area contributed by atoms with Crippen LogP contribution in [0.4, 0.5) is 11.4 Å². The Morgan fingerprint density at radius 2 is 1.70 bits per heavy atom. The van der Waals surface area contributed by atoms with Crippen LogP contribution in [0, 0.1) is 6.92 Å². The Hall–Kier alpha value is -2.80. The summed E-state index contributed by atoms with van der Waals surface area (Å²) in [6.45, 7) is 3.80. The summed E-state index contributed by atoms with van der Waals surface area (Å²) >= 11 is 1.41. The van der Waals surface area contributed by atoms with E-state index in [0.29, 0.717) is 5.69 Å². The molecule has 0 aliphatic carbocycles. The van der Waals surface area contributed by atoms with Gasteiger partial charge in [-0.25, -0.2) is 0 Å². The van der Waals surface area contributed by atoms with Gasteiger partial charge in [-0.1, -0.05) is 12.1 Å². The molecule has 0 fully saturated rings. The van der Waals surface area contributed by atoms with E-state index in [-0.39, 0.29) is 29.9 Å². The normalized spacial score (nSPS) is 11.5. The quantitative estimate of drug-likeness (QED) is 0.598. The zero-order chi connectivity index (χ0) is 19.8. The van der Waals surface area contributed by atoms with Crippen molar-refractivity contribution in [1.29, 1.82) is 0 Å². The number of anilines is 2. The minimum Gasteiger partial charge on any atom is -0.481 e. The molecule has 1 unspecified atom stereocenters. The fraction of sp³-hybridized carbons (Fsp3) is 0.250. The van der Waals surface area contributed by atoms with E-state index in [4.69, 9.17) is 5.11 Å². The first-order valence-electron chi connectivity index (χ1n) is 8.49. The number of carbonyl (C=O) groups excluding carboxylic acids is 2. The van der Waals surface area contributed by atoms with E-state index in [1.54, 1.807) is 12.1 Å². The molecule has 0 spiro atoms. The summed E-state index contributed by atoms with van der Waals surface area (Å²) in [5.74, 6) is -1.44. The average molecular weight is 386 g/mol. The van der Waals surface area contributed by atoms with Crippen molar-refractivity contribution in [3.05, 3.63) is 54.1 Å². The lowest BCUT2D eigenvalue weighted by Crippen LogP contribution is -2.22. The highest BCUT2D eigenvalue weighted by Crippen LogP contribution is 2.26. The highest BCUT2D eigenvalue weighted by atomic mass is 32.2. The molecule has 0 saturated heterocycles. The molecule has 0 aromatic heterocycles. The minimum atomic E-state index is -1.00. The van der Waals surface area contributed by atoms with E-state index in [9.17, 15) is 14.4 Å². The second-order valence-corrected chi connectivity index (χ2v) is 7.50. The van der Waals surface area contributed by atoms with E-state index in [1.807, 2.05) is 50.2 Å². The zero-order valence-corrected chi connectivity index (χ0v) is 16.0. The standard InChI is InChI=1S/C20H22N2O4S/c1-13-4-3-5-16(12-13)22-20(26)14(2)27-17-8-6-15(7-9-17)21-18(23)10-11-19(24)25/h3-9,12,14H,10-11H2,1-2H3,(H,21,23)(H,22,26)(H,24,25). The van der Waals surface area contributed by atoms with E-state index >= 15 is 0 Å². The summed E-state index contributed by atoms with van der Waals surface area (Å²) in [7, 11) is 0. The predicted octanol–water partition coefficient (Wildman–Crippen LogP) is 3.92. The van der Waals surface area contributed by atoms with Crippen LogP contribution in [0.15, 0.2) is 53.4 Å². The average Bonchev–Trinajstić information content (AvgIpc) is 2.61. The van der Waals surface area contributed by atoms with Crippen molar-refractivity contribution in [2.75, 3.05) is 10.6 Å². The van der Waals surface area contributed by atoms with Crippen LogP contribution in [-0.4, -0.2) is 28.1 Å². The van der Waals surface area contributed by atoms with Crippen LogP contribution < -0.4 is 10.6 Å². The molecular weight excluding hydrogens is 364 g/mol. The number of hydrogen-bond acceptors (Lipinski definition) is 4. The molecule has 3 N–H and O–H groups in total. The number of carboxylic acid groups (broad SMARTS) is 1. The topological polar surface area (TPSA) is 95.5 Å². The number of benzene rings is 2. The third-order valence-corrected chi connectivity index (χ3v) is 4.78. The van der Waals surface area contributed by atoms with Gasteiger partial charge in [-0.2, -0.15) is 0 Å². The maximum absolute atomic E-state index is 12.3. The maximum atomic E-state index is 12.3. The molecular formula is C20H22N2O4S. The van der Waals surface area contributed by atoms with Crippen molar-refractivity contribution < 1.29 is 19.5 Å². The predicted molar refractivity (Wildman–Crippen MR) is 107 cm³/mol. The van der Waals surface area contributed by atoms with Crippen LogP contribution in [0.1, 0.15) is 25.3 Å². The lowest BCUT2D eigenvalue weighted by atomic mass is 10.2. The minimum absolute atomic E-state index is 0.0675. The summed E-state index contributed by atoms with van der Waals surface area (Å²) in [6.07, 6.45) is -0.269. The van der Waals surface area contributed by atoms with Crippen molar-refractivity contribution in [1.82, 2.24) is 0 Å². The van der Waals surface area contributed by atoms with Gasteiger partial charge in [-0.3, -0.25) is 14.4 Å². The van der Waals surface area contributed by atoms with Gasteiger partial charge in [0.15, 0.2) is 0 Å². The van der Waals surface area contributed by atoms with Crippen molar-refractivity contribution in [2.24, 2.45) is 0 Å². The molecule has 142 valence electrons. The molecule has 1 atom stereocenters. The molecule has 2 aromatic carbocycles. The van der Waals surface area contributed by atoms with Crippen LogP contribution >= 0.6 is 11.8 Å². The molecule has 27 heavy (non-hydrogen) atoms. The molecule has 7 heteroatoms. The number of amides is 2. The molecule has 0 heterocycles. The number of carbonyl (C=O) groups is 3. The Balaban J connectivity index is 1.86. The number of aliphatic carboxylic acids is 1. The molecule has 0 aliphatic heterocycles. The second-order valence-electron chi connectivity index (χ2n) is 6.09. The summed E-state index contributed by atoms with van der Waals surface area (Å²) in [5.41, 5.74) is 2.44. The summed E-state index contributed by atoms with van der Waals surface area (Å²) in [4.78, 5) is 35.3. The summed E-state index contributed by atoms with van der Waals surface area (Å²) in [6, 6.07) is 14.7. The van der Waals surface area contributed by atoms with Gasteiger partial charge in [0, 0.05) is 22.7 Å². The highest BCUT2D eigenvalue weighted by molar-refractivity contribution is 8.00. The first-order chi connectivity index (χ1) is 12.8. The van der Waals surface area contributed by atoms with E-state index < -0.39 is 5.97 Å². The number of rotatable bonds is 8. The number of nitrogens with one attached hydrogen (secondary N) is 2. The van der Waals surface area contributed by atoms with Crippen LogP contribution in [0.3, 0.4) is 0 Å². The van der Waals surface area contributed by atoms with Crippen molar-refractivity contribution in [3.8, 4) is 0 Å². The zero-order valence-electron chi connectivity index (χ0n) is 15.2. The van der Waals surface area contributed by atoms with Gasteiger partial charge in [-0.05, 0) is 55.8 Å². The molecule has 2 rings (SSSR count). The van der Waals surface area contributed by atoms with Crippen LogP contribution in [0.25, 0.3) is 0 Å². The molecule has 0 radical (unpaired) electrons. The van der Waals surface area contributed by atoms with Gasteiger partial charge in [0.2, 0.25) is 11.8 Å². The smallest absolute Gasteiger partial charge is 0.303 e. The number of aryl methyl sites for hydroxylation is 1. The second kappa shape index (κ2) is 9.78. The molecule has 6 nitrogen and oxygen atoms in total. The summed E-state index contributed by atoms with van der Waals surface area (Å²) in [5, 5.41) is 13.8. The lowest BCUT2D eigenvalue weighted by Gasteiger charge is -2.13. The van der Waals surface area contributed by atoms with Crippen molar-refractivity contribution in [3.63, 3.8) is 0 Å². The molecule has 0 saturated carbocycles. The third-order valence-electron chi connectivity index (χ3n) is 3.67. The summed E-state index contributed by atoms with van der Waals surface area (Å²) < 4.78 is 0. The van der Waals surface area contributed by atoms with E-state index in [1.165, 1.54) is 11.8 Å². The Bertz CT molecular complexity index is 821. The Morgan fingerprint density at radius 3 is 2.33 bits per heavy atom. The Labute approximate surface area is 162 Å². The van der Waals surface area contributed by atoms with Crippen LogP contribution in [0.2, 0.25) is 0 Å². The fourth-order valence-electron chi connectivity index (χ4n) is 2.29. The van der Waals surface area contributed by atoms with Gasteiger partial charge >= 0.3 is 5.97 Å². The third kappa shape index (κ3) is 7.15. The highest BCUT2D eigenvalue weighted by Gasteiger charge is 2.15. The van der Waals surface area contributed by atoms with Gasteiger partial charge < -0.3 is 15.7 Å². The van der Waals surface area contributed by atoms with Gasteiger partial charge in [-0.15, -0.1) is 11.8 Å². The van der Waals surface area contributed by atoms with Gasteiger partial charge in [0.1, 0.15) is 0 Å². The number of carboxylic acids is 1. The van der Waals surface area contributed by atoms with Gasteiger partial charge in [0.25, 0.3) is 0 Å². The van der Waals surface area contributed by atoms with Crippen molar-refractivity contribution in [2.45, 2.75) is 36.8 Å². The molecule has 0 aliphatic rings. The number of hydrogen-bond donors (Lipinski definition) is 3. The Kier molecular flexibility index (Phi) is 7.43. The number of thioether (sulfide) groups is 1. The largest absolute Gasteiger partial charge is 0.481 e. The Morgan fingerprint density at radius 1 is 1.00 bits per heavy atom. The molecule has 0 bridgehead atoms. The van der Waals surface area contributed by atoms with Crippen LogP contribution in [0.5, 0.6) is 0 Å². The SMILES string of the molecule is Cc1cccc(NC(=O)C(C)Sc2ccc(NC(=O)CCC(=O)O)cc2)c1. The molecule has 2 amide bonds. The fourth-order valence-corrected chi connectivity index (χ4v) is 3.15. The maximum Gasteiger partial charge on any atom is 0.303 e. The first-order valence-corrected chi connectivity index (χ1v) is 9.37. The van der Waals surface area contributed by atoms with Crippen LogP contribution in [-0.2, 0) is 14.4 Å².